The molecule has 0 aliphatic carbocycles. The molecule has 3 nitrogen and oxygen atoms in total. The fourth-order valence-corrected chi connectivity index (χ4v) is 2.26. The number of ether oxygens (including phenoxy) is 2. The van der Waals surface area contributed by atoms with Crippen LogP contribution in [0.1, 0.15) is 12.8 Å². The van der Waals surface area contributed by atoms with Crippen molar-refractivity contribution in [2.45, 2.75) is 18.9 Å². The van der Waals surface area contributed by atoms with Gasteiger partial charge in [-0.05, 0) is 31.0 Å². The van der Waals surface area contributed by atoms with Crippen LogP contribution in [0.5, 0.6) is 0 Å². The molecule has 0 unspecified atom stereocenters. The Morgan fingerprint density at radius 2 is 2.18 bits per heavy atom. The first-order valence-corrected chi connectivity index (χ1v) is 6.83. The lowest BCUT2D eigenvalue weighted by Gasteiger charge is -2.22. The topological polar surface area (TPSA) is 30.5 Å². The molecule has 1 aliphatic rings. The van der Waals surface area contributed by atoms with E-state index in [1.807, 2.05) is 12.1 Å². The standard InChI is InChI=1S/C13H18BrNO2/c14-11-2-1-3-12(10-11)15-6-9-17-13-4-7-16-8-5-13/h1-3,10,13,15H,4-9H2. The minimum atomic E-state index is 0.382. The first-order valence-electron chi connectivity index (χ1n) is 6.03. The Kier molecular flexibility index (Phi) is 5.29. The summed E-state index contributed by atoms with van der Waals surface area (Å²) in [5, 5.41) is 3.34. The molecule has 2 rings (SSSR count). The predicted molar refractivity (Wildman–Crippen MR) is 72.4 cm³/mol. The maximum Gasteiger partial charge on any atom is 0.0642 e. The van der Waals surface area contributed by atoms with E-state index < -0.39 is 0 Å². The second-order valence-electron chi connectivity index (χ2n) is 4.12. The Bertz CT molecular complexity index is 340. The van der Waals surface area contributed by atoms with Gasteiger partial charge in [-0.1, -0.05) is 22.0 Å². The highest BCUT2D eigenvalue weighted by atomic mass is 79.9. The number of halogens is 1. The van der Waals surface area contributed by atoms with E-state index in [4.69, 9.17) is 9.47 Å². The second kappa shape index (κ2) is 6.99. The van der Waals surface area contributed by atoms with Gasteiger partial charge in [-0.3, -0.25) is 0 Å². The van der Waals surface area contributed by atoms with Crippen LogP contribution in [-0.4, -0.2) is 32.5 Å². The molecule has 1 aliphatic heterocycles. The second-order valence-corrected chi connectivity index (χ2v) is 5.04. The number of rotatable bonds is 5. The molecule has 1 fully saturated rings. The normalized spacial score (nSPS) is 17.0. The molecule has 17 heavy (non-hydrogen) atoms. The maximum atomic E-state index is 5.78. The summed E-state index contributed by atoms with van der Waals surface area (Å²) in [6.07, 6.45) is 2.43. The van der Waals surface area contributed by atoms with Crippen LogP contribution >= 0.6 is 15.9 Å². The van der Waals surface area contributed by atoms with Gasteiger partial charge in [0.15, 0.2) is 0 Å². The molecule has 0 bridgehead atoms. The molecule has 94 valence electrons. The molecule has 1 aromatic rings. The van der Waals surface area contributed by atoms with Crippen molar-refractivity contribution in [3.8, 4) is 0 Å². The van der Waals surface area contributed by atoms with Gasteiger partial charge in [-0.25, -0.2) is 0 Å². The Hall–Kier alpha value is -0.580. The quantitative estimate of drug-likeness (QED) is 0.848. The van der Waals surface area contributed by atoms with Crippen molar-refractivity contribution in [1.29, 1.82) is 0 Å². The molecule has 0 amide bonds. The molecular weight excluding hydrogens is 282 g/mol. The lowest BCUT2D eigenvalue weighted by molar-refractivity contribution is -0.0283. The zero-order valence-corrected chi connectivity index (χ0v) is 11.4. The lowest BCUT2D eigenvalue weighted by atomic mass is 10.2. The van der Waals surface area contributed by atoms with Crippen molar-refractivity contribution in [1.82, 2.24) is 0 Å². The van der Waals surface area contributed by atoms with Crippen LogP contribution in [0, 0.1) is 0 Å². The van der Waals surface area contributed by atoms with Crippen LogP contribution in [0.15, 0.2) is 28.7 Å². The SMILES string of the molecule is Brc1cccc(NCCOC2CCOCC2)c1. The summed E-state index contributed by atoms with van der Waals surface area (Å²) < 4.78 is 12.2. The van der Waals surface area contributed by atoms with Gasteiger partial charge in [0.1, 0.15) is 0 Å². The van der Waals surface area contributed by atoms with E-state index in [2.05, 4.69) is 33.4 Å². The minimum absolute atomic E-state index is 0.382. The Balaban J connectivity index is 1.62. The maximum absolute atomic E-state index is 5.78. The van der Waals surface area contributed by atoms with Crippen LogP contribution in [-0.2, 0) is 9.47 Å². The summed E-state index contributed by atoms with van der Waals surface area (Å²) in [5.74, 6) is 0. The van der Waals surface area contributed by atoms with E-state index in [0.29, 0.717) is 6.10 Å². The Labute approximate surface area is 111 Å². The fourth-order valence-electron chi connectivity index (χ4n) is 1.86. The van der Waals surface area contributed by atoms with Crippen LogP contribution in [0.4, 0.5) is 5.69 Å². The van der Waals surface area contributed by atoms with Crippen LogP contribution in [0.25, 0.3) is 0 Å². The van der Waals surface area contributed by atoms with Gasteiger partial charge in [-0.2, -0.15) is 0 Å². The van der Waals surface area contributed by atoms with Gasteiger partial charge in [0.05, 0.1) is 12.7 Å². The molecule has 0 saturated carbocycles. The van der Waals surface area contributed by atoms with Crippen LogP contribution < -0.4 is 5.32 Å². The predicted octanol–water partition coefficient (Wildman–Crippen LogP) is 3.06. The zero-order valence-electron chi connectivity index (χ0n) is 9.82. The molecule has 0 spiro atoms. The Morgan fingerprint density at radius 1 is 1.35 bits per heavy atom. The molecule has 0 atom stereocenters. The largest absolute Gasteiger partial charge is 0.383 e. The molecule has 0 radical (unpaired) electrons. The third kappa shape index (κ3) is 4.66. The highest BCUT2D eigenvalue weighted by Gasteiger charge is 2.13. The van der Waals surface area contributed by atoms with E-state index >= 15 is 0 Å². The number of anilines is 1. The number of benzene rings is 1. The average molecular weight is 300 g/mol. The number of nitrogens with one attached hydrogen (secondary N) is 1. The summed E-state index contributed by atoms with van der Waals surface area (Å²) in [7, 11) is 0. The lowest BCUT2D eigenvalue weighted by Crippen LogP contribution is -2.25. The first-order chi connectivity index (χ1) is 8.34. The van der Waals surface area contributed by atoms with Crippen molar-refractivity contribution in [3.63, 3.8) is 0 Å². The molecule has 4 heteroatoms. The number of hydrogen-bond acceptors (Lipinski definition) is 3. The van der Waals surface area contributed by atoms with Crippen molar-refractivity contribution in [3.05, 3.63) is 28.7 Å². The van der Waals surface area contributed by atoms with Gasteiger partial charge in [0, 0.05) is 29.9 Å². The minimum Gasteiger partial charge on any atom is -0.383 e. The van der Waals surface area contributed by atoms with Crippen LogP contribution in [0.2, 0.25) is 0 Å². The molecule has 1 saturated heterocycles. The molecule has 0 aromatic heterocycles. The summed E-state index contributed by atoms with van der Waals surface area (Å²) in [6, 6.07) is 8.16. The molecular formula is C13H18BrNO2. The zero-order chi connectivity index (χ0) is 11.9. The third-order valence-corrected chi connectivity index (χ3v) is 3.27. The van der Waals surface area contributed by atoms with Gasteiger partial charge in [0.2, 0.25) is 0 Å². The van der Waals surface area contributed by atoms with Crippen molar-refractivity contribution in [2.24, 2.45) is 0 Å². The summed E-state index contributed by atoms with van der Waals surface area (Å²) in [6.45, 7) is 3.26. The summed E-state index contributed by atoms with van der Waals surface area (Å²) in [5.41, 5.74) is 1.12. The van der Waals surface area contributed by atoms with E-state index in [1.54, 1.807) is 0 Å². The monoisotopic (exact) mass is 299 g/mol. The summed E-state index contributed by atoms with van der Waals surface area (Å²) >= 11 is 3.45. The van der Waals surface area contributed by atoms with Crippen molar-refractivity contribution < 1.29 is 9.47 Å². The van der Waals surface area contributed by atoms with Gasteiger partial charge < -0.3 is 14.8 Å². The number of hydrogen-bond donors (Lipinski definition) is 1. The smallest absolute Gasteiger partial charge is 0.0642 e. The van der Waals surface area contributed by atoms with Gasteiger partial charge >= 0.3 is 0 Å². The van der Waals surface area contributed by atoms with Gasteiger partial charge in [0.25, 0.3) is 0 Å². The highest BCUT2D eigenvalue weighted by molar-refractivity contribution is 9.10. The van der Waals surface area contributed by atoms with Gasteiger partial charge in [-0.15, -0.1) is 0 Å². The van der Waals surface area contributed by atoms with E-state index in [9.17, 15) is 0 Å². The van der Waals surface area contributed by atoms with E-state index in [0.717, 1.165) is 49.4 Å². The highest BCUT2D eigenvalue weighted by Crippen LogP contribution is 2.15. The fraction of sp³-hybridized carbons (Fsp3) is 0.538. The molecule has 1 aromatic carbocycles. The first kappa shape index (κ1) is 12.9. The molecule has 1 heterocycles. The third-order valence-electron chi connectivity index (χ3n) is 2.78. The average Bonchev–Trinajstić information content (AvgIpc) is 2.36. The molecule has 1 N–H and O–H groups in total. The van der Waals surface area contributed by atoms with Crippen molar-refractivity contribution >= 4 is 21.6 Å². The van der Waals surface area contributed by atoms with E-state index in [-0.39, 0.29) is 0 Å². The Morgan fingerprint density at radius 3 is 2.94 bits per heavy atom. The van der Waals surface area contributed by atoms with Crippen LogP contribution in [0.3, 0.4) is 0 Å². The van der Waals surface area contributed by atoms with Crippen molar-refractivity contribution in [2.75, 3.05) is 31.7 Å². The summed E-state index contributed by atoms with van der Waals surface area (Å²) in [4.78, 5) is 0. The van der Waals surface area contributed by atoms with E-state index in [1.165, 1.54) is 0 Å².